The van der Waals surface area contributed by atoms with Crippen LogP contribution < -0.4 is 14.8 Å². The van der Waals surface area contributed by atoms with E-state index in [1.54, 1.807) is 0 Å². The number of amides is 1. The molecule has 2 N–H and O–H groups in total. The summed E-state index contributed by atoms with van der Waals surface area (Å²) in [7, 11) is 2.62. The molecule has 0 atom stereocenters. The molecular formula is C11H11N5O5. The Kier molecular flexibility index (Phi) is 3.97. The molecule has 110 valence electrons. The van der Waals surface area contributed by atoms with E-state index in [2.05, 4.69) is 20.5 Å². The first-order valence-corrected chi connectivity index (χ1v) is 5.66. The quantitative estimate of drug-likeness (QED) is 0.620. The van der Waals surface area contributed by atoms with Crippen LogP contribution in [-0.4, -0.2) is 40.2 Å². The van der Waals surface area contributed by atoms with Crippen molar-refractivity contribution < 1.29 is 19.2 Å². The number of aromatic amines is 1. The maximum Gasteiger partial charge on any atom is 0.336 e. The minimum absolute atomic E-state index is 0.00191. The number of nitro groups is 1. The fourth-order valence-electron chi connectivity index (χ4n) is 1.63. The molecule has 2 rings (SSSR count). The summed E-state index contributed by atoms with van der Waals surface area (Å²) in [5.74, 6) is -0.716. The standard InChI is InChI=1S/C11H11N5O5/c1-20-8-6(4-3-5-7(8)16(18)19)9(17)12-10-13-11(21-2)15-14-10/h3-5H,1-2H3,(H2,12,13,14,15,17). The van der Waals surface area contributed by atoms with Crippen LogP contribution in [0.15, 0.2) is 18.2 Å². The number of carbonyl (C=O) groups excluding carboxylic acids is 1. The summed E-state index contributed by atoms with van der Waals surface area (Å²) in [4.78, 5) is 26.2. The van der Waals surface area contributed by atoms with E-state index in [-0.39, 0.29) is 29.0 Å². The van der Waals surface area contributed by atoms with Crippen molar-refractivity contribution in [2.75, 3.05) is 19.5 Å². The predicted molar refractivity (Wildman–Crippen MR) is 70.5 cm³/mol. The number of methoxy groups -OCH3 is 2. The molecule has 2 aromatic rings. The molecule has 21 heavy (non-hydrogen) atoms. The van der Waals surface area contributed by atoms with Crippen LogP contribution in [0.5, 0.6) is 11.8 Å². The number of benzene rings is 1. The summed E-state index contributed by atoms with van der Waals surface area (Å²) < 4.78 is 9.71. The third kappa shape index (κ3) is 2.88. The fourth-order valence-corrected chi connectivity index (χ4v) is 1.63. The molecule has 10 nitrogen and oxygen atoms in total. The minimum Gasteiger partial charge on any atom is -0.490 e. The average Bonchev–Trinajstić information content (AvgIpc) is 2.93. The zero-order chi connectivity index (χ0) is 15.4. The molecule has 1 aromatic heterocycles. The number of hydrogen-bond acceptors (Lipinski definition) is 7. The lowest BCUT2D eigenvalue weighted by atomic mass is 10.1. The van der Waals surface area contributed by atoms with Crippen molar-refractivity contribution in [2.45, 2.75) is 0 Å². The molecule has 0 spiro atoms. The van der Waals surface area contributed by atoms with Crippen LogP contribution in [0.25, 0.3) is 0 Å². The number of para-hydroxylation sites is 1. The van der Waals surface area contributed by atoms with Gasteiger partial charge in [-0.05, 0) is 6.07 Å². The topological polar surface area (TPSA) is 132 Å². The van der Waals surface area contributed by atoms with Crippen molar-refractivity contribution in [3.05, 3.63) is 33.9 Å². The summed E-state index contributed by atoms with van der Waals surface area (Å²) in [6.07, 6.45) is 0. The minimum atomic E-state index is -0.632. The first-order valence-electron chi connectivity index (χ1n) is 5.66. The van der Waals surface area contributed by atoms with Crippen molar-refractivity contribution in [3.8, 4) is 11.8 Å². The highest BCUT2D eigenvalue weighted by Gasteiger charge is 2.23. The Morgan fingerprint density at radius 3 is 2.71 bits per heavy atom. The van der Waals surface area contributed by atoms with Gasteiger partial charge >= 0.3 is 11.7 Å². The summed E-state index contributed by atoms with van der Waals surface area (Å²) >= 11 is 0. The van der Waals surface area contributed by atoms with Crippen molar-refractivity contribution in [2.24, 2.45) is 0 Å². The Morgan fingerprint density at radius 2 is 2.14 bits per heavy atom. The van der Waals surface area contributed by atoms with Gasteiger partial charge in [-0.25, -0.2) is 5.10 Å². The fraction of sp³-hybridized carbons (Fsp3) is 0.182. The first-order chi connectivity index (χ1) is 10.1. The van der Waals surface area contributed by atoms with Crippen molar-refractivity contribution in [1.29, 1.82) is 0 Å². The van der Waals surface area contributed by atoms with Crippen molar-refractivity contribution in [1.82, 2.24) is 15.2 Å². The van der Waals surface area contributed by atoms with E-state index in [0.29, 0.717) is 0 Å². The highest BCUT2D eigenvalue weighted by atomic mass is 16.6. The van der Waals surface area contributed by atoms with Gasteiger partial charge in [0.25, 0.3) is 5.91 Å². The normalized spacial score (nSPS) is 10.0. The first kappa shape index (κ1) is 14.2. The molecule has 10 heteroatoms. The summed E-state index contributed by atoms with van der Waals surface area (Å²) in [6, 6.07) is 4.08. The van der Waals surface area contributed by atoms with Crippen LogP contribution in [0.3, 0.4) is 0 Å². The molecule has 0 fully saturated rings. The van der Waals surface area contributed by atoms with Gasteiger partial charge in [0.1, 0.15) is 0 Å². The van der Waals surface area contributed by atoms with Crippen LogP contribution in [0.4, 0.5) is 11.6 Å². The molecule has 0 aliphatic heterocycles. The van der Waals surface area contributed by atoms with Gasteiger partial charge in [-0.1, -0.05) is 6.07 Å². The van der Waals surface area contributed by atoms with E-state index in [0.717, 1.165) is 0 Å². The molecule has 0 saturated carbocycles. The zero-order valence-corrected chi connectivity index (χ0v) is 11.1. The van der Waals surface area contributed by atoms with Crippen molar-refractivity contribution >= 4 is 17.5 Å². The van der Waals surface area contributed by atoms with Crippen molar-refractivity contribution in [3.63, 3.8) is 0 Å². The van der Waals surface area contributed by atoms with Gasteiger partial charge in [0.05, 0.1) is 24.7 Å². The summed E-state index contributed by atoms with van der Waals surface area (Å²) in [5.41, 5.74) is -0.303. The number of aromatic nitrogens is 3. The summed E-state index contributed by atoms with van der Waals surface area (Å²) in [6.45, 7) is 0. The molecule has 0 unspecified atom stereocenters. The maximum atomic E-state index is 12.1. The highest BCUT2D eigenvalue weighted by molar-refractivity contribution is 6.06. The number of nitrogens with zero attached hydrogens (tertiary/aromatic N) is 3. The SMILES string of the molecule is COc1n[nH]c(NC(=O)c2cccc([N+](=O)[O-])c2OC)n1. The average molecular weight is 293 g/mol. The number of H-pyrrole nitrogens is 1. The van der Waals surface area contributed by atoms with Gasteiger partial charge in [-0.3, -0.25) is 20.2 Å². The Bertz CT molecular complexity index is 683. The van der Waals surface area contributed by atoms with Gasteiger partial charge in [-0.2, -0.15) is 4.98 Å². The second-order valence-corrected chi connectivity index (χ2v) is 3.74. The Balaban J connectivity index is 2.30. The molecule has 0 bridgehead atoms. The van der Waals surface area contributed by atoms with Gasteiger partial charge in [-0.15, -0.1) is 5.10 Å². The lowest BCUT2D eigenvalue weighted by Crippen LogP contribution is -2.14. The molecule has 1 aromatic carbocycles. The van der Waals surface area contributed by atoms with E-state index in [1.807, 2.05) is 0 Å². The molecule has 0 aliphatic carbocycles. The van der Waals surface area contributed by atoms with Crippen LogP contribution in [0.2, 0.25) is 0 Å². The molecule has 1 amide bonds. The molecule has 0 saturated heterocycles. The van der Waals surface area contributed by atoms with E-state index in [4.69, 9.17) is 9.47 Å². The number of rotatable bonds is 5. The number of ether oxygens (including phenoxy) is 2. The van der Waals surface area contributed by atoms with Crippen LogP contribution in [-0.2, 0) is 0 Å². The molecule has 1 heterocycles. The van der Waals surface area contributed by atoms with Gasteiger partial charge in [0, 0.05) is 6.07 Å². The number of hydrogen-bond donors (Lipinski definition) is 2. The second-order valence-electron chi connectivity index (χ2n) is 3.74. The molecule has 0 aliphatic rings. The highest BCUT2D eigenvalue weighted by Crippen LogP contribution is 2.30. The van der Waals surface area contributed by atoms with Gasteiger partial charge < -0.3 is 9.47 Å². The number of carbonyl (C=O) groups is 1. The third-order valence-electron chi connectivity index (χ3n) is 2.52. The lowest BCUT2D eigenvalue weighted by molar-refractivity contribution is -0.385. The van der Waals surface area contributed by atoms with E-state index >= 15 is 0 Å². The number of anilines is 1. The second kappa shape index (κ2) is 5.86. The van der Waals surface area contributed by atoms with Crippen LogP contribution in [0.1, 0.15) is 10.4 Å². The van der Waals surface area contributed by atoms with Crippen LogP contribution >= 0.6 is 0 Å². The Labute approximate surface area is 118 Å². The molecular weight excluding hydrogens is 282 g/mol. The lowest BCUT2D eigenvalue weighted by Gasteiger charge is -2.07. The molecule has 0 radical (unpaired) electrons. The van der Waals surface area contributed by atoms with E-state index in [1.165, 1.54) is 32.4 Å². The predicted octanol–water partition coefficient (Wildman–Crippen LogP) is 0.982. The smallest absolute Gasteiger partial charge is 0.336 e. The van der Waals surface area contributed by atoms with Gasteiger partial charge in [0.15, 0.2) is 0 Å². The van der Waals surface area contributed by atoms with Gasteiger partial charge in [0.2, 0.25) is 11.7 Å². The zero-order valence-electron chi connectivity index (χ0n) is 11.1. The summed E-state index contributed by atoms with van der Waals surface area (Å²) in [5, 5.41) is 19.4. The maximum absolute atomic E-state index is 12.1. The van der Waals surface area contributed by atoms with Crippen LogP contribution in [0, 0.1) is 10.1 Å². The monoisotopic (exact) mass is 293 g/mol. The number of nitrogens with one attached hydrogen (secondary N) is 2. The largest absolute Gasteiger partial charge is 0.490 e. The Hall–Kier alpha value is -3.17. The third-order valence-corrected chi connectivity index (χ3v) is 2.52. The Morgan fingerprint density at radius 1 is 1.38 bits per heavy atom. The van der Waals surface area contributed by atoms with E-state index in [9.17, 15) is 14.9 Å². The van der Waals surface area contributed by atoms with E-state index < -0.39 is 10.8 Å². The number of nitro benzene ring substituents is 1.